The summed E-state index contributed by atoms with van der Waals surface area (Å²) in [5, 5.41) is 23.6. The highest BCUT2D eigenvalue weighted by Crippen LogP contribution is 2.47. The Labute approximate surface area is 320 Å². The maximum atomic E-state index is 13.0. The first-order valence-corrected chi connectivity index (χ1v) is 21.3. The van der Waals surface area contributed by atoms with Crippen molar-refractivity contribution < 1.29 is 32.7 Å². The molecule has 3 aromatic rings. The van der Waals surface area contributed by atoms with Crippen LogP contribution < -0.4 is 10.5 Å². The van der Waals surface area contributed by atoms with Gasteiger partial charge in [0.05, 0.1) is 30.5 Å². The smallest absolute Gasteiger partial charge is 0.472 e. The highest BCUT2D eigenvalue weighted by atomic mass is 31.2. The van der Waals surface area contributed by atoms with Gasteiger partial charge in [-0.1, -0.05) is 109 Å². The zero-order chi connectivity index (χ0) is 38.5. The van der Waals surface area contributed by atoms with Gasteiger partial charge in [-0.25, -0.2) is 14.1 Å². The molecular formula is C40H59N6O7P. The lowest BCUT2D eigenvalue weighted by Gasteiger charge is -2.24. The molecule has 2 aromatic heterocycles. The molecule has 4 atom stereocenters. The molecule has 0 spiro atoms. The molecule has 0 saturated carbocycles. The van der Waals surface area contributed by atoms with Crippen molar-refractivity contribution in [2.45, 2.75) is 140 Å². The Morgan fingerprint density at radius 3 is 2.28 bits per heavy atom. The fraction of sp³-hybridized carbons (Fsp3) is 0.650. The lowest BCUT2D eigenvalue weighted by atomic mass is 10.0. The van der Waals surface area contributed by atoms with Gasteiger partial charge in [-0.3, -0.25) is 9.05 Å². The largest absolute Gasteiger partial charge is 0.486 e. The number of hydrogen-bond acceptors (Lipinski definition) is 11. The molecule has 1 saturated heterocycles. The number of hydrogen-bond donors (Lipinski definition) is 2. The molecule has 13 nitrogen and oxygen atoms in total. The molecule has 0 aliphatic carbocycles. The van der Waals surface area contributed by atoms with Crippen molar-refractivity contribution in [2.75, 3.05) is 32.2 Å². The molecule has 296 valence electrons. The molecule has 0 amide bonds. The van der Waals surface area contributed by atoms with Crippen LogP contribution in [0.3, 0.4) is 0 Å². The van der Waals surface area contributed by atoms with Gasteiger partial charge in [0.25, 0.3) is 0 Å². The van der Waals surface area contributed by atoms with E-state index in [-0.39, 0.29) is 19.6 Å². The van der Waals surface area contributed by atoms with Crippen LogP contribution in [0.1, 0.15) is 140 Å². The zero-order valence-electron chi connectivity index (χ0n) is 31.9. The highest BCUT2D eigenvalue weighted by molar-refractivity contribution is 7.47. The second kappa shape index (κ2) is 23.4. The maximum Gasteiger partial charge on any atom is 0.472 e. The number of unbranched alkanes of at least 4 members (excludes halogenated alkanes) is 15. The molecule has 54 heavy (non-hydrogen) atoms. The summed E-state index contributed by atoms with van der Waals surface area (Å²) >= 11 is 0. The average Bonchev–Trinajstić information content (AvgIpc) is 3.82. The standard InChI is InChI=1S/C40H59N6O7P/c1-2-3-4-5-6-7-8-9-10-11-12-13-14-15-16-17-25-49-28-35(52-34-20-18-19-33(26-34)27-41)29-50-54(47,48)51-31-40(30-42)24-23-38(53-40)36-21-22-37-39(43)44-32-45-46(36)37/h18-22,26,32,35,38H,2-17,23-25,28-29,31H2,1H3,(H,47,48)(H2,43,44,45)/t35-,38-,40-/m1/s1. The number of aromatic nitrogens is 3. The predicted octanol–water partition coefficient (Wildman–Crippen LogP) is 9.16. The molecule has 1 aliphatic heterocycles. The maximum absolute atomic E-state index is 13.0. The Hall–Kier alpha value is -3.55. The number of phosphoric acid groups is 1. The fourth-order valence-corrected chi connectivity index (χ4v) is 7.52. The van der Waals surface area contributed by atoms with Crippen LogP contribution in [0.15, 0.2) is 42.7 Å². The molecule has 14 heteroatoms. The molecule has 0 bridgehead atoms. The Bertz CT molecular complexity index is 1680. The number of phosphoric ester groups is 1. The number of anilines is 1. The molecule has 1 aromatic carbocycles. The van der Waals surface area contributed by atoms with Crippen molar-refractivity contribution >= 4 is 19.2 Å². The van der Waals surface area contributed by atoms with Crippen LogP contribution in [0.4, 0.5) is 5.82 Å². The minimum absolute atomic E-state index is 0.0990. The third-order valence-corrected chi connectivity index (χ3v) is 10.7. The van der Waals surface area contributed by atoms with E-state index >= 15 is 0 Å². The number of fused-ring (bicyclic) bond motifs is 1. The second-order valence-corrected chi connectivity index (χ2v) is 15.7. The van der Waals surface area contributed by atoms with E-state index in [1.54, 1.807) is 40.9 Å². The topological polar surface area (TPSA) is 187 Å². The van der Waals surface area contributed by atoms with E-state index < -0.39 is 32.2 Å². The van der Waals surface area contributed by atoms with E-state index in [9.17, 15) is 20.0 Å². The first-order chi connectivity index (χ1) is 26.3. The lowest BCUT2D eigenvalue weighted by molar-refractivity contribution is -0.0425. The highest BCUT2D eigenvalue weighted by Gasteiger charge is 2.44. The van der Waals surface area contributed by atoms with Crippen molar-refractivity contribution in [2.24, 2.45) is 0 Å². The minimum atomic E-state index is -4.64. The Balaban J connectivity index is 1.15. The summed E-state index contributed by atoms with van der Waals surface area (Å²) in [7, 11) is -4.64. The van der Waals surface area contributed by atoms with Gasteiger partial charge in [0, 0.05) is 6.61 Å². The summed E-state index contributed by atoms with van der Waals surface area (Å²) in [6.07, 6.45) is 21.4. The van der Waals surface area contributed by atoms with E-state index in [0.29, 0.717) is 41.4 Å². The predicted molar refractivity (Wildman–Crippen MR) is 206 cm³/mol. The Kier molecular flexibility index (Phi) is 18.7. The van der Waals surface area contributed by atoms with E-state index in [1.807, 2.05) is 0 Å². The van der Waals surface area contributed by atoms with Crippen molar-refractivity contribution in [3.05, 3.63) is 54.0 Å². The SMILES string of the molecule is CCCCCCCCCCCCCCCCCCOC[C@H](COP(=O)(O)OC[C@]1(C#N)CC[C@H](c2ccc3c(N)ncnn23)O1)Oc1cccc(C#N)c1. The van der Waals surface area contributed by atoms with Gasteiger partial charge in [0.2, 0.25) is 0 Å². The first kappa shape index (κ1) is 43.2. The summed E-state index contributed by atoms with van der Waals surface area (Å²) in [6, 6.07) is 14.4. The van der Waals surface area contributed by atoms with Crippen LogP contribution in [0.25, 0.3) is 5.52 Å². The molecule has 0 radical (unpaired) electrons. The van der Waals surface area contributed by atoms with Crippen molar-refractivity contribution in [1.29, 1.82) is 10.5 Å². The molecule has 3 heterocycles. The van der Waals surface area contributed by atoms with E-state index in [0.717, 1.165) is 19.3 Å². The fourth-order valence-electron chi connectivity index (χ4n) is 6.72. The summed E-state index contributed by atoms with van der Waals surface area (Å²) in [6.45, 7) is 2.06. The van der Waals surface area contributed by atoms with Crippen LogP contribution in [0, 0.1) is 22.7 Å². The van der Waals surface area contributed by atoms with Crippen molar-refractivity contribution in [3.8, 4) is 17.9 Å². The average molecular weight is 767 g/mol. The van der Waals surface area contributed by atoms with Gasteiger partial charge in [0.1, 0.15) is 42.5 Å². The van der Waals surface area contributed by atoms with Crippen LogP contribution in [-0.2, 0) is 23.1 Å². The first-order valence-electron chi connectivity index (χ1n) is 19.8. The summed E-state index contributed by atoms with van der Waals surface area (Å²) in [5.74, 6) is 0.717. The van der Waals surface area contributed by atoms with Gasteiger partial charge >= 0.3 is 7.82 Å². The monoisotopic (exact) mass is 766 g/mol. The molecule has 4 rings (SSSR count). The summed E-state index contributed by atoms with van der Waals surface area (Å²) in [4.78, 5) is 14.6. The van der Waals surface area contributed by atoms with E-state index in [1.165, 1.54) is 89.8 Å². The Morgan fingerprint density at radius 2 is 1.63 bits per heavy atom. The van der Waals surface area contributed by atoms with E-state index in [4.69, 9.17) is 29.0 Å². The normalized spacial score (nSPS) is 18.6. The van der Waals surface area contributed by atoms with Crippen LogP contribution in [0.5, 0.6) is 5.75 Å². The van der Waals surface area contributed by atoms with Crippen molar-refractivity contribution in [3.63, 3.8) is 0 Å². The Morgan fingerprint density at radius 1 is 0.963 bits per heavy atom. The third kappa shape index (κ3) is 14.6. The minimum Gasteiger partial charge on any atom is -0.486 e. The van der Waals surface area contributed by atoms with E-state index in [2.05, 4.69) is 29.1 Å². The molecule has 1 aliphatic rings. The van der Waals surface area contributed by atoms with Crippen LogP contribution >= 0.6 is 7.82 Å². The number of rotatable bonds is 28. The van der Waals surface area contributed by atoms with Gasteiger partial charge in [-0.2, -0.15) is 15.6 Å². The van der Waals surface area contributed by atoms with Gasteiger partial charge in [-0.15, -0.1) is 0 Å². The van der Waals surface area contributed by atoms with Crippen LogP contribution in [0.2, 0.25) is 0 Å². The second-order valence-electron chi connectivity index (χ2n) is 14.2. The summed E-state index contributed by atoms with van der Waals surface area (Å²) in [5.41, 5.74) is 6.19. The van der Waals surface area contributed by atoms with Gasteiger partial charge in [0.15, 0.2) is 11.4 Å². The number of nitrogen functional groups attached to an aromatic ring is 1. The van der Waals surface area contributed by atoms with Gasteiger partial charge < -0.3 is 24.8 Å². The van der Waals surface area contributed by atoms with Crippen molar-refractivity contribution in [1.82, 2.24) is 14.6 Å². The zero-order valence-corrected chi connectivity index (χ0v) is 32.8. The number of nitrogens with two attached hydrogens (primary N) is 1. The summed E-state index contributed by atoms with van der Waals surface area (Å²) < 4.78 is 43.3. The number of nitriles is 2. The molecule has 1 unspecified atom stereocenters. The number of benzene rings is 1. The van der Waals surface area contributed by atoms with Crippen LogP contribution in [-0.4, -0.2) is 57.6 Å². The van der Waals surface area contributed by atoms with Gasteiger partial charge in [-0.05, 0) is 49.6 Å². The quantitative estimate of drug-likeness (QED) is 0.0528. The molecule has 1 fully saturated rings. The number of nitrogens with zero attached hydrogens (tertiary/aromatic N) is 5. The molecule has 3 N–H and O–H groups in total. The third-order valence-electron chi connectivity index (χ3n) is 9.82. The number of ether oxygens (including phenoxy) is 3. The molecular weight excluding hydrogens is 707 g/mol. The lowest BCUT2D eigenvalue weighted by Crippen LogP contribution is -2.32.